The van der Waals surface area contributed by atoms with Gasteiger partial charge in [0.25, 0.3) is 5.91 Å². The minimum absolute atomic E-state index is 0.0117. The van der Waals surface area contributed by atoms with Gasteiger partial charge in [-0.2, -0.15) is 0 Å². The van der Waals surface area contributed by atoms with Gasteiger partial charge < -0.3 is 20.5 Å². The summed E-state index contributed by atoms with van der Waals surface area (Å²) in [6.45, 7) is -0.284. The predicted octanol–water partition coefficient (Wildman–Crippen LogP) is 4.69. The quantitative estimate of drug-likeness (QED) is 0.259. The molecule has 0 unspecified atom stereocenters. The number of amides is 1. The summed E-state index contributed by atoms with van der Waals surface area (Å²) in [4.78, 5) is 33.6. The van der Waals surface area contributed by atoms with E-state index in [4.69, 9.17) is 9.84 Å². The van der Waals surface area contributed by atoms with E-state index >= 15 is 0 Å². The molecule has 0 saturated carbocycles. The number of rotatable bonds is 10. The third-order valence-electron chi connectivity index (χ3n) is 5.22. The molecule has 3 N–H and O–H groups in total. The molecule has 0 bridgehead atoms. The van der Waals surface area contributed by atoms with E-state index in [0.717, 1.165) is 18.2 Å². The molecule has 38 heavy (non-hydrogen) atoms. The Morgan fingerprint density at radius 3 is 2.39 bits per heavy atom. The summed E-state index contributed by atoms with van der Waals surface area (Å²) in [5.74, 6) is -3.85. The number of benzene rings is 3. The Kier molecular flexibility index (Phi) is 8.29. The topological polar surface area (TPSA) is 113 Å². The van der Waals surface area contributed by atoms with Crippen LogP contribution in [0.5, 0.6) is 5.75 Å². The molecule has 0 aliphatic carbocycles. The first kappa shape index (κ1) is 26.3. The van der Waals surface area contributed by atoms with Gasteiger partial charge in [-0.15, -0.1) is 0 Å². The van der Waals surface area contributed by atoms with Crippen molar-refractivity contribution in [1.29, 1.82) is 0 Å². The van der Waals surface area contributed by atoms with E-state index in [1.165, 1.54) is 42.6 Å². The third kappa shape index (κ3) is 6.51. The number of aromatic nitrogens is 2. The average Bonchev–Trinajstić information content (AvgIpc) is 2.88. The van der Waals surface area contributed by atoms with Crippen LogP contribution in [0, 0.1) is 17.5 Å². The van der Waals surface area contributed by atoms with Crippen LogP contribution < -0.4 is 15.4 Å². The number of anilines is 3. The number of Topliss-reactive ketones (excluding diaryl/α,β-unsaturated/α-hetero) is 1. The molecule has 194 valence electrons. The van der Waals surface area contributed by atoms with E-state index in [1.807, 2.05) is 0 Å². The summed E-state index contributed by atoms with van der Waals surface area (Å²) in [6.07, 6.45) is 1.32. The zero-order valence-corrected chi connectivity index (χ0v) is 19.7. The van der Waals surface area contributed by atoms with E-state index in [-0.39, 0.29) is 48.4 Å². The number of nitrogens with one attached hydrogen (secondary N) is 2. The van der Waals surface area contributed by atoms with Crippen LogP contribution in [0.4, 0.5) is 30.5 Å². The fourth-order valence-corrected chi connectivity index (χ4v) is 3.48. The number of aliphatic hydroxyl groups excluding tert-OH is 1. The molecule has 0 aliphatic rings. The van der Waals surface area contributed by atoms with Crippen molar-refractivity contribution >= 4 is 29.0 Å². The molecule has 4 aromatic rings. The van der Waals surface area contributed by atoms with Crippen molar-refractivity contribution in [3.8, 4) is 5.75 Å². The molecule has 11 heteroatoms. The SMILES string of the molecule is O=C(Cc1ccnc(Nc2ccc(OCCO)c(F)c2)n1)c1cccc(NC(=O)c2c(F)cccc2F)c1. The van der Waals surface area contributed by atoms with Gasteiger partial charge in [0.05, 0.1) is 18.7 Å². The second-order valence-corrected chi connectivity index (χ2v) is 7.95. The van der Waals surface area contributed by atoms with E-state index in [9.17, 15) is 22.8 Å². The van der Waals surface area contributed by atoms with Gasteiger partial charge in [0.15, 0.2) is 17.3 Å². The number of halogens is 3. The molecular formula is C27H21F3N4O4. The Hall–Kier alpha value is -4.77. The highest BCUT2D eigenvalue weighted by Crippen LogP contribution is 2.23. The molecule has 1 heterocycles. The van der Waals surface area contributed by atoms with Gasteiger partial charge >= 0.3 is 0 Å². The minimum atomic E-state index is -1.00. The lowest BCUT2D eigenvalue weighted by atomic mass is 10.1. The Morgan fingerprint density at radius 2 is 1.66 bits per heavy atom. The van der Waals surface area contributed by atoms with Crippen molar-refractivity contribution < 1.29 is 32.6 Å². The molecular weight excluding hydrogens is 501 g/mol. The first-order valence-electron chi connectivity index (χ1n) is 11.3. The van der Waals surface area contributed by atoms with Crippen LogP contribution in [-0.4, -0.2) is 40.0 Å². The molecule has 3 aromatic carbocycles. The number of carbonyl (C=O) groups excluding carboxylic acids is 2. The van der Waals surface area contributed by atoms with Crippen molar-refractivity contribution in [3.63, 3.8) is 0 Å². The molecule has 4 rings (SSSR count). The molecule has 0 radical (unpaired) electrons. The Bertz CT molecular complexity index is 1460. The lowest BCUT2D eigenvalue weighted by molar-refractivity contribution is 0.0987. The van der Waals surface area contributed by atoms with Crippen LogP contribution in [0.1, 0.15) is 26.4 Å². The number of hydrogen-bond acceptors (Lipinski definition) is 7. The maximum Gasteiger partial charge on any atom is 0.261 e. The molecule has 0 spiro atoms. The van der Waals surface area contributed by atoms with Crippen molar-refractivity contribution in [3.05, 3.63) is 107 Å². The zero-order chi connectivity index (χ0) is 27.1. The van der Waals surface area contributed by atoms with Gasteiger partial charge in [-0.05, 0) is 42.5 Å². The van der Waals surface area contributed by atoms with Crippen LogP contribution in [-0.2, 0) is 6.42 Å². The number of aliphatic hydroxyl groups is 1. The maximum absolute atomic E-state index is 14.2. The lowest BCUT2D eigenvalue weighted by Crippen LogP contribution is -2.16. The summed E-state index contributed by atoms with van der Waals surface area (Å²) in [5.41, 5.74) is 0.417. The predicted molar refractivity (Wildman–Crippen MR) is 133 cm³/mol. The zero-order valence-electron chi connectivity index (χ0n) is 19.7. The van der Waals surface area contributed by atoms with Crippen LogP contribution in [0.25, 0.3) is 0 Å². The highest BCUT2D eigenvalue weighted by Gasteiger charge is 2.18. The minimum Gasteiger partial charge on any atom is -0.488 e. The molecule has 0 atom stereocenters. The van der Waals surface area contributed by atoms with E-state index in [1.54, 1.807) is 12.1 Å². The van der Waals surface area contributed by atoms with Gasteiger partial charge in [0, 0.05) is 29.2 Å². The number of ether oxygens (including phenoxy) is 1. The van der Waals surface area contributed by atoms with Gasteiger partial charge in [-0.25, -0.2) is 23.1 Å². The van der Waals surface area contributed by atoms with Crippen LogP contribution >= 0.6 is 0 Å². The average molecular weight is 522 g/mol. The van der Waals surface area contributed by atoms with Gasteiger partial charge in [-0.1, -0.05) is 18.2 Å². The standard InChI is InChI=1S/C27H21F3N4O4/c28-20-5-2-6-21(29)25(20)26(37)32-17-4-1-3-16(13-17)23(36)15-19-9-10-31-27(34-19)33-18-7-8-24(22(30)14-18)38-12-11-35/h1-10,13-14,35H,11-12,15H2,(H,32,37)(H,31,33,34). The first-order valence-corrected chi connectivity index (χ1v) is 11.3. The number of hydrogen-bond donors (Lipinski definition) is 3. The van der Waals surface area contributed by atoms with Crippen LogP contribution in [0.3, 0.4) is 0 Å². The number of ketones is 1. The Morgan fingerprint density at radius 1 is 0.895 bits per heavy atom. The van der Waals surface area contributed by atoms with Crippen LogP contribution in [0.2, 0.25) is 0 Å². The van der Waals surface area contributed by atoms with Crippen molar-refractivity contribution in [2.45, 2.75) is 6.42 Å². The lowest BCUT2D eigenvalue weighted by Gasteiger charge is -2.10. The van der Waals surface area contributed by atoms with Crippen molar-refractivity contribution in [1.82, 2.24) is 9.97 Å². The summed E-state index contributed by atoms with van der Waals surface area (Å²) in [5, 5.41) is 14.0. The molecule has 0 fully saturated rings. The van der Waals surface area contributed by atoms with Gasteiger partial charge in [0.2, 0.25) is 5.95 Å². The number of nitrogens with zero attached hydrogens (tertiary/aromatic N) is 2. The monoisotopic (exact) mass is 522 g/mol. The van der Waals surface area contributed by atoms with E-state index < -0.39 is 28.9 Å². The smallest absolute Gasteiger partial charge is 0.261 e. The normalized spacial score (nSPS) is 10.6. The summed E-state index contributed by atoms with van der Waals surface area (Å²) >= 11 is 0. The largest absolute Gasteiger partial charge is 0.488 e. The third-order valence-corrected chi connectivity index (χ3v) is 5.22. The molecule has 0 saturated heterocycles. The highest BCUT2D eigenvalue weighted by molar-refractivity contribution is 6.05. The summed E-state index contributed by atoms with van der Waals surface area (Å²) in [7, 11) is 0. The summed E-state index contributed by atoms with van der Waals surface area (Å²) < 4.78 is 47.1. The molecule has 1 aromatic heterocycles. The second kappa shape index (κ2) is 12.0. The van der Waals surface area contributed by atoms with E-state index in [2.05, 4.69) is 20.6 Å². The first-order chi connectivity index (χ1) is 18.3. The van der Waals surface area contributed by atoms with Crippen molar-refractivity contribution in [2.75, 3.05) is 23.8 Å². The Labute approximate surface area is 215 Å². The van der Waals surface area contributed by atoms with Crippen molar-refractivity contribution in [2.24, 2.45) is 0 Å². The van der Waals surface area contributed by atoms with E-state index in [0.29, 0.717) is 11.4 Å². The number of carbonyl (C=O) groups is 2. The fourth-order valence-electron chi connectivity index (χ4n) is 3.48. The van der Waals surface area contributed by atoms with Crippen LogP contribution in [0.15, 0.2) is 72.9 Å². The fraction of sp³-hybridized carbons (Fsp3) is 0.111. The molecule has 0 aliphatic heterocycles. The Balaban J connectivity index is 1.43. The molecule has 8 nitrogen and oxygen atoms in total. The summed E-state index contributed by atoms with van der Waals surface area (Å²) in [6, 6.07) is 14.7. The highest BCUT2D eigenvalue weighted by atomic mass is 19.1. The second-order valence-electron chi connectivity index (χ2n) is 7.95. The maximum atomic E-state index is 14.2. The van der Waals surface area contributed by atoms with Gasteiger partial charge in [0.1, 0.15) is 23.8 Å². The van der Waals surface area contributed by atoms with Gasteiger partial charge in [-0.3, -0.25) is 9.59 Å². The molecule has 1 amide bonds.